The van der Waals surface area contributed by atoms with Gasteiger partial charge < -0.3 is 5.11 Å². The molecule has 1 N–H and O–H groups in total. The Morgan fingerprint density at radius 1 is 1.13 bits per heavy atom. The Bertz CT molecular complexity index is 242. The van der Waals surface area contributed by atoms with Gasteiger partial charge in [-0.2, -0.15) is 0 Å². The smallest absolute Gasteiger partial charge is 0.0487 e. The molecule has 1 nitrogen and oxygen atoms in total. The third kappa shape index (κ3) is 1.39. The van der Waals surface area contributed by atoms with Crippen molar-refractivity contribution in [1.82, 2.24) is 0 Å². The highest BCUT2D eigenvalue weighted by Gasteiger charge is 2.55. The van der Waals surface area contributed by atoms with Gasteiger partial charge in [0.05, 0.1) is 0 Å². The van der Waals surface area contributed by atoms with Gasteiger partial charge in [0, 0.05) is 6.61 Å². The van der Waals surface area contributed by atoms with Gasteiger partial charge in [-0.25, -0.2) is 0 Å². The topological polar surface area (TPSA) is 20.2 Å². The van der Waals surface area contributed by atoms with Crippen molar-refractivity contribution >= 4 is 0 Å². The lowest BCUT2D eigenvalue weighted by atomic mass is 9.45. The second-order valence-electron chi connectivity index (χ2n) is 6.95. The van der Waals surface area contributed by atoms with Crippen LogP contribution in [0.25, 0.3) is 0 Å². The first-order valence-electron chi connectivity index (χ1n) is 6.74. The van der Waals surface area contributed by atoms with Crippen molar-refractivity contribution in [2.75, 3.05) is 6.61 Å². The van der Waals surface area contributed by atoms with E-state index in [0.717, 1.165) is 29.6 Å². The molecule has 2 atom stereocenters. The van der Waals surface area contributed by atoms with E-state index in [1.165, 1.54) is 32.1 Å². The summed E-state index contributed by atoms with van der Waals surface area (Å²) < 4.78 is 0. The highest BCUT2D eigenvalue weighted by Crippen LogP contribution is 2.63. The summed E-state index contributed by atoms with van der Waals surface area (Å²) in [7, 11) is 0. The van der Waals surface area contributed by atoms with Crippen molar-refractivity contribution in [3.8, 4) is 0 Å². The number of aliphatic hydroxyl groups is 1. The van der Waals surface area contributed by atoms with E-state index >= 15 is 0 Å². The number of aliphatic hydroxyl groups excluding tert-OH is 1. The van der Waals surface area contributed by atoms with Crippen molar-refractivity contribution in [1.29, 1.82) is 0 Å². The molecule has 0 aromatic heterocycles. The Morgan fingerprint density at radius 3 is 2.20 bits per heavy atom. The molecule has 15 heavy (non-hydrogen) atoms. The summed E-state index contributed by atoms with van der Waals surface area (Å²) in [6.45, 7) is 5.26. The van der Waals surface area contributed by atoms with Gasteiger partial charge in [0.15, 0.2) is 0 Å². The molecule has 0 heterocycles. The fraction of sp³-hybridized carbons (Fsp3) is 1.00. The van der Waals surface area contributed by atoms with Crippen molar-refractivity contribution in [3.63, 3.8) is 0 Å². The molecule has 4 saturated carbocycles. The molecule has 0 radical (unpaired) electrons. The van der Waals surface area contributed by atoms with E-state index in [-0.39, 0.29) is 0 Å². The normalized spacial score (nSPS) is 52.8. The van der Waals surface area contributed by atoms with E-state index in [9.17, 15) is 5.11 Å². The van der Waals surface area contributed by atoms with Crippen LogP contribution < -0.4 is 0 Å². The Balaban J connectivity index is 1.88. The minimum Gasteiger partial charge on any atom is -0.396 e. The van der Waals surface area contributed by atoms with Crippen LogP contribution >= 0.6 is 0 Å². The average Bonchev–Trinajstić information content (AvgIpc) is 2.15. The maximum absolute atomic E-state index is 9.66. The van der Waals surface area contributed by atoms with E-state index in [1.807, 2.05) is 0 Å². The molecule has 4 rings (SSSR count). The molecule has 0 amide bonds. The van der Waals surface area contributed by atoms with Crippen LogP contribution in [0.4, 0.5) is 0 Å². The van der Waals surface area contributed by atoms with E-state index in [2.05, 4.69) is 13.8 Å². The van der Waals surface area contributed by atoms with Crippen LogP contribution in [-0.2, 0) is 0 Å². The molecule has 0 spiro atoms. The first kappa shape index (κ1) is 10.1. The summed E-state index contributed by atoms with van der Waals surface area (Å²) in [5.41, 5.74) is 0.363. The number of rotatable bonds is 2. The number of hydrogen-bond acceptors (Lipinski definition) is 1. The molecule has 4 aliphatic carbocycles. The summed E-state index contributed by atoms with van der Waals surface area (Å²) >= 11 is 0. The van der Waals surface area contributed by atoms with E-state index < -0.39 is 0 Å². The lowest BCUT2D eigenvalue weighted by Crippen LogP contribution is -2.53. The van der Waals surface area contributed by atoms with E-state index in [1.54, 1.807) is 0 Å². The van der Waals surface area contributed by atoms with Gasteiger partial charge in [0.2, 0.25) is 0 Å². The second-order valence-corrected chi connectivity index (χ2v) is 6.95. The molecule has 0 aliphatic heterocycles. The monoisotopic (exact) mass is 208 g/mol. The van der Waals surface area contributed by atoms with Gasteiger partial charge in [0.25, 0.3) is 0 Å². The summed E-state index contributed by atoms with van der Waals surface area (Å²) in [5.74, 6) is 4.69. The maximum Gasteiger partial charge on any atom is 0.0487 e. The predicted molar refractivity (Wildman–Crippen MR) is 61.4 cm³/mol. The predicted octanol–water partition coefficient (Wildman–Crippen LogP) is 3.08. The van der Waals surface area contributed by atoms with E-state index in [0.29, 0.717) is 12.0 Å². The lowest BCUT2D eigenvalue weighted by Gasteiger charge is -2.60. The van der Waals surface area contributed by atoms with Gasteiger partial charge in [-0.15, -0.1) is 0 Å². The fourth-order valence-electron chi connectivity index (χ4n) is 5.51. The minimum absolute atomic E-state index is 0.363. The van der Waals surface area contributed by atoms with Gasteiger partial charge in [-0.05, 0) is 67.1 Å². The Morgan fingerprint density at radius 2 is 1.73 bits per heavy atom. The Labute approximate surface area is 93.3 Å². The minimum atomic E-state index is 0.363. The third-order valence-electron chi connectivity index (χ3n) is 5.58. The molecule has 0 aromatic rings. The quantitative estimate of drug-likeness (QED) is 0.739. The van der Waals surface area contributed by atoms with Gasteiger partial charge >= 0.3 is 0 Å². The van der Waals surface area contributed by atoms with Crippen molar-refractivity contribution < 1.29 is 5.11 Å². The van der Waals surface area contributed by atoms with Crippen LogP contribution in [0.15, 0.2) is 0 Å². The maximum atomic E-state index is 9.66. The fourth-order valence-corrected chi connectivity index (χ4v) is 5.51. The van der Waals surface area contributed by atoms with Crippen molar-refractivity contribution in [2.45, 2.75) is 46.0 Å². The zero-order chi connectivity index (χ0) is 10.6. The van der Waals surface area contributed by atoms with Crippen molar-refractivity contribution in [2.24, 2.45) is 35.0 Å². The summed E-state index contributed by atoms with van der Waals surface area (Å²) in [5, 5.41) is 9.66. The van der Waals surface area contributed by atoms with Crippen LogP contribution in [0.1, 0.15) is 46.0 Å². The highest BCUT2D eigenvalue weighted by molar-refractivity contribution is 5.05. The first-order chi connectivity index (χ1) is 7.13. The van der Waals surface area contributed by atoms with E-state index in [4.69, 9.17) is 0 Å². The first-order valence-corrected chi connectivity index (χ1v) is 6.74. The summed E-state index contributed by atoms with van der Waals surface area (Å²) in [6, 6.07) is 0. The van der Waals surface area contributed by atoms with Gasteiger partial charge in [0.1, 0.15) is 0 Å². The molecule has 4 bridgehead atoms. The zero-order valence-electron chi connectivity index (χ0n) is 10.1. The highest BCUT2D eigenvalue weighted by atomic mass is 16.3. The van der Waals surface area contributed by atoms with Gasteiger partial charge in [-0.3, -0.25) is 0 Å². The zero-order valence-corrected chi connectivity index (χ0v) is 10.1. The molecule has 1 heteroatoms. The Kier molecular flexibility index (Phi) is 2.18. The second kappa shape index (κ2) is 3.23. The van der Waals surface area contributed by atoms with Crippen LogP contribution in [0.2, 0.25) is 0 Å². The molecule has 4 fully saturated rings. The largest absolute Gasteiger partial charge is 0.396 e. The van der Waals surface area contributed by atoms with Crippen LogP contribution in [-0.4, -0.2) is 11.7 Å². The average molecular weight is 208 g/mol. The SMILES string of the molecule is CC(C)C1C2CC3CC1CC(CO)(C3)C2. The standard InChI is InChI=1S/C14H24O/c1-9(2)13-11-3-10-4-12(13)7-14(5-10,6-11)8-15/h9-13,15H,3-8H2,1-2H3. The van der Waals surface area contributed by atoms with Crippen LogP contribution in [0.5, 0.6) is 0 Å². The Hall–Kier alpha value is -0.0400. The molecular weight excluding hydrogens is 184 g/mol. The molecule has 2 unspecified atom stereocenters. The summed E-state index contributed by atoms with van der Waals surface area (Å²) in [4.78, 5) is 0. The van der Waals surface area contributed by atoms with Crippen LogP contribution in [0, 0.1) is 35.0 Å². The van der Waals surface area contributed by atoms with Crippen molar-refractivity contribution in [3.05, 3.63) is 0 Å². The number of hydrogen-bond donors (Lipinski definition) is 1. The summed E-state index contributed by atoms with van der Waals surface area (Å²) in [6.07, 6.45) is 6.95. The lowest BCUT2D eigenvalue weighted by molar-refractivity contribution is -0.127. The molecule has 86 valence electrons. The molecular formula is C14H24O. The van der Waals surface area contributed by atoms with Gasteiger partial charge in [-0.1, -0.05) is 13.8 Å². The van der Waals surface area contributed by atoms with Crippen LogP contribution in [0.3, 0.4) is 0 Å². The molecule has 4 aliphatic rings. The molecule has 0 saturated heterocycles. The molecule has 0 aromatic carbocycles. The third-order valence-corrected chi connectivity index (χ3v) is 5.58.